The van der Waals surface area contributed by atoms with Gasteiger partial charge in [0.15, 0.2) is 0 Å². The van der Waals surface area contributed by atoms with Crippen molar-refractivity contribution >= 4 is 5.69 Å². The largest absolute Gasteiger partial charge is 0.361 e. The fourth-order valence-electron chi connectivity index (χ4n) is 2.87. The van der Waals surface area contributed by atoms with Crippen LogP contribution in [0.15, 0.2) is 24.3 Å². The molecule has 2 nitrogen and oxygen atoms in total. The number of rotatable bonds is 1. The maximum atomic E-state index is 13.8. The van der Waals surface area contributed by atoms with Crippen LogP contribution < -0.4 is 10.2 Å². The zero-order chi connectivity index (χ0) is 11.9. The first-order valence-electron chi connectivity index (χ1n) is 6.11. The van der Waals surface area contributed by atoms with Gasteiger partial charge < -0.3 is 10.2 Å². The molecule has 4 heteroatoms. The third kappa shape index (κ3) is 1.80. The van der Waals surface area contributed by atoms with Crippen LogP contribution >= 0.6 is 0 Å². The van der Waals surface area contributed by atoms with Crippen LogP contribution in [-0.2, 0) is 6.42 Å². The van der Waals surface area contributed by atoms with E-state index in [1.807, 2.05) is 29.2 Å². The summed E-state index contributed by atoms with van der Waals surface area (Å²) in [6.45, 7) is 0.913. The molecule has 0 unspecified atom stereocenters. The Hall–Kier alpha value is -1.16. The van der Waals surface area contributed by atoms with Gasteiger partial charge in [-0.2, -0.15) is 0 Å². The molecule has 1 atom stereocenters. The van der Waals surface area contributed by atoms with Crippen LogP contribution in [0, 0.1) is 0 Å². The third-order valence-electron chi connectivity index (χ3n) is 3.71. The van der Waals surface area contributed by atoms with Crippen molar-refractivity contribution < 1.29 is 8.78 Å². The summed E-state index contributed by atoms with van der Waals surface area (Å²) in [6, 6.07) is 7.22. The van der Waals surface area contributed by atoms with Crippen molar-refractivity contribution in [2.75, 3.05) is 24.5 Å². The monoisotopic (exact) mass is 238 g/mol. The molecule has 0 bridgehead atoms. The molecular formula is C13H16F2N2. The highest BCUT2D eigenvalue weighted by molar-refractivity contribution is 5.56. The van der Waals surface area contributed by atoms with Crippen LogP contribution in [0.4, 0.5) is 14.5 Å². The Labute approximate surface area is 99.6 Å². The van der Waals surface area contributed by atoms with Gasteiger partial charge in [0, 0.05) is 18.8 Å². The van der Waals surface area contributed by atoms with Crippen molar-refractivity contribution in [1.29, 1.82) is 0 Å². The van der Waals surface area contributed by atoms with Gasteiger partial charge in [0.25, 0.3) is 5.92 Å². The predicted molar refractivity (Wildman–Crippen MR) is 63.7 cm³/mol. The molecule has 1 saturated heterocycles. The van der Waals surface area contributed by atoms with Gasteiger partial charge in [0.05, 0.1) is 6.54 Å². The van der Waals surface area contributed by atoms with Gasteiger partial charge in [-0.15, -0.1) is 0 Å². The van der Waals surface area contributed by atoms with Crippen molar-refractivity contribution in [3.05, 3.63) is 29.8 Å². The topological polar surface area (TPSA) is 15.3 Å². The highest BCUT2D eigenvalue weighted by Gasteiger charge is 2.47. The molecule has 0 radical (unpaired) electrons. The van der Waals surface area contributed by atoms with E-state index in [1.54, 1.807) is 0 Å². The van der Waals surface area contributed by atoms with Crippen molar-refractivity contribution in [1.82, 2.24) is 5.32 Å². The number of nitrogens with zero attached hydrogens (tertiary/aromatic N) is 1. The van der Waals surface area contributed by atoms with Crippen molar-refractivity contribution in [2.45, 2.75) is 24.8 Å². The standard InChI is InChI=1S/C13H16F2N2/c14-13(15)9-16-8-12(13)17-7-3-5-10-4-1-2-6-11(10)17/h1-2,4,6,12,16H,3,5,7-9H2/t12-/m0/s1. The molecule has 3 rings (SSSR count). The lowest BCUT2D eigenvalue weighted by atomic mass is 9.99. The Kier molecular flexibility index (Phi) is 2.54. The van der Waals surface area contributed by atoms with E-state index >= 15 is 0 Å². The lowest BCUT2D eigenvalue weighted by molar-refractivity contribution is 0.00523. The molecule has 0 amide bonds. The molecule has 92 valence electrons. The quantitative estimate of drug-likeness (QED) is 0.805. The minimum Gasteiger partial charge on any atom is -0.361 e. The van der Waals surface area contributed by atoms with Gasteiger partial charge in [0.1, 0.15) is 6.04 Å². The van der Waals surface area contributed by atoms with Crippen LogP contribution in [0.1, 0.15) is 12.0 Å². The van der Waals surface area contributed by atoms with Crippen LogP contribution in [0.25, 0.3) is 0 Å². The molecule has 2 aliphatic rings. The van der Waals surface area contributed by atoms with Gasteiger partial charge in [-0.05, 0) is 24.5 Å². The second-order valence-electron chi connectivity index (χ2n) is 4.83. The average Bonchev–Trinajstić information content (AvgIpc) is 2.68. The predicted octanol–water partition coefficient (Wildman–Crippen LogP) is 2.05. The van der Waals surface area contributed by atoms with Gasteiger partial charge in [-0.1, -0.05) is 18.2 Å². The number of aryl methyl sites for hydroxylation is 1. The zero-order valence-electron chi connectivity index (χ0n) is 9.63. The Balaban J connectivity index is 1.95. The molecular weight excluding hydrogens is 222 g/mol. The molecule has 0 aliphatic carbocycles. The number of fused-ring (bicyclic) bond motifs is 1. The molecule has 1 N–H and O–H groups in total. The second kappa shape index (κ2) is 3.95. The van der Waals surface area contributed by atoms with E-state index in [2.05, 4.69) is 5.32 Å². The van der Waals surface area contributed by atoms with Gasteiger partial charge in [-0.25, -0.2) is 8.78 Å². The van der Waals surface area contributed by atoms with Crippen LogP contribution in [-0.4, -0.2) is 31.6 Å². The summed E-state index contributed by atoms with van der Waals surface area (Å²) in [4.78, 5) is 1.89. The third-order valence-corrected chi connectivity index (χ3v) is 3.71. The van der Waals surface area contributed by atoms with Crippen molar-refractivity contribution in [3.63, 3.8) is 0 Å². The van der Waals surface area contributed by atoms with Gasteiger partial charge >= 0.3 is 0 Å². The normalized spacial score (nSPS) is 26.9. The van der Waals surface area contributed by atoms with Crippen molar-refractivity contribution in [3.8, 4) is 0 Å². The molecule has 2 aliphatic heterocycles. The zero-order valence-corrected chi connectivity index (χ0v) is 9.63. The summed E-state index contributed by atoms with van der Waals surface area (Å²) in [7, 11) is 0. The Morgan fingerprint density at radius 3 is 2.88 bits per heavy atom. The average molecular weight is 238 g/mol. The number of alkyl halides is 2. The number of hydrogen-bond acceptors (Lipinski definition) is 2. The molecule has 0 spiro atoms. The second-order valence-corrected chi connectivity index (χ2v) is 4.83. The Morgan fingerprint density at radius 1 is 1.29 bits per heavy atom. The van der Waals surface area contributed by atoms with Gasteiger partial charge in [-0.3, -0.25) is 0 Å². The SMILES string of the molecule is FC1(F)CNC[C@@H]1N1CCCc2ccccc21. The maximum absolute atomic E-state index is 13.8. The summed E-state index contributed by atoms with van der Waals surface area (Å²) < 4.78 is 27.6. The maximum Gasteiger partial charge on any atom is 0.281 e. The van der Waals surface area contributed by atoms with Crippen molar-refractivity contribution in [2.24, 2.45) is 0 Å². The summed E-state index contributed by atoms with van der Waals surface area (Å²) in [5, 5.41) is 2.80. The molecule has 0 aromatic heterocycles. The molecule has 1 aromatic rings. The van der Waals surface area contributed by atoms with E-state index < -0.39 is 12.0 Å². The summed E-state index contributed by atoms with van der Waals surface area (Å²) in [5.41, 5.74) is 2.19. The number of para-hydroxylation sites is 1. The summed E-state index contributed by atoms with van der Waals surface area (Å²) in [5.74, 6) is -2.62. The van der Waals surface area contributed by atoms with E-state index in [-0.39, 0.29) is 6.54 Å². The number of nitrogens with one attached hydrogen (secondary N) is 1. The number of hydrogen-bond donors (Lipinski definition) is 1. The van der Waals surface area contributed by atoms with Gasteiger partial charge in [0.2, 0.25) is 0 Å². The van der Waals surface area contributed by atoms with Crippen LogP contribution in [0.5, 0.6) is 0 Å². The first-order chi connectivity index (χ1) is 8.18. The molecule has 17 heavy (non-hydrogen) atoms. The fourth-order valence-corrected chi connectivity index (χ4v) is 2.87. The lowest BCUT2D eigenvalue weighted by Gasteiger charge is -2.38. The number of benzene rings is 1. The van der Waals surface area contributed by atoms with E-state index in [0.29, 0.717) is 6.54 Å². The Morgan fingerprint density at radius 2 is 2.12 bits per heavy atom. The first kappa shape index (κ1) is 11.0. The van der Waals surface area contributed by atoms with E-state index in [4.69, 9.17) is 0 Å². The minimum atomic E-state index is -2.62. The lowest BCUT2D eigenvalue weighted by Crippen LogP contribution is -2.49. The highest BCUT2D eigenvalue weighted by atomic mass is 19.3. The van der Waals surface area contributed by atoms with E-state index in [9.17, 15) is 8.78 Å². The Bertz CT molecular complexity index is 420. The minimum absolute atomic E-state index is 0.198. The van der Waals surface area contributed by atoms with Crippen LogP contribution in [0.3, 0.4) is 0 Å². The fraction of sp³-hybridized carbons (Fsp3) is 0.538. The highest BCUT2D eigenvalue weighted by Crippen LogP contribution is 2.34. The smallest absolute Gasteiger partial charge is 0.281 e. The van der Waals surface area contributed by atoms with E-state index in [0.717, 1.165) is 25.1 Å². The molecule has 2 heterocycles. The first-order valence-corrected chi connectivity index (χ1v) is 6.11. The number of anilines is 1. The summed E-state index contributed by atoms with van der Waals surface area (Å²) in [6.07, 6.45) is 1.96. The summed E-state index contributed by atoms with van der Waals surface area (Å²) >= 11 is 0. The van der Waals surface area contributed by atoms with Crippen LogP contribution in [0.2, 0.25) is 0 Å². The molecule has 1 fully saturated rings. The van der Waals surface area contributed by atoms with E-state index in [1.165, 1.54) is 5.56 Å². The number of halogens is 2. The molecule has 0 saturated carbocycles. The molecule has 1 aromatic carbocycles.